The molecule has 0 saturated carbocycles. The molecule has 1 aromatic rings. The van der Waals surface area contributed by atoms with Gasteiger partial charge in [-0.1, -0.05) is 31.2 Å². The normalized spacial score (nSPS) is 17.5. The molecular weight excluding hydrogens is 393 g/mol. The lowest BCUT2D eigenvalue weighted by Gasteiger charge is -2.32. The predicted molar refractivity (Wildman–Crippen MR) is 103 cm³/mol. The van der Waals surface area contributed by atoms with Crippen molar-refractivity contribution in [1.29, 1.82) is 0 Å². The zero-order valence-electron chi connectivity index (χ0n) is 16.1. The number of guanidine groups is 1. The number of aryl methyl sites for hydroxylation is 1. The number of benzene rings is 1. The molecule has 0 aromatic heterocycles. The zero-order valence-corrected chi connectivity index (χ0v) is 16.9. The van der Waals surface area contributed by atoms with Crippen LogP contribution in [-0.2, 0) is 23.0 Å². The SMILES string of the molecule is CCNC(=NCc1ccccc1CC)NC1CCN(S(=O)(=O)C(F)(F)F)CC1. The minimum atomic E-state index is -5.26. The summed E-state index contributed by atoms with van der Waals surface area (Å²) in [6.45, 7) is 4.79. The average molecular weight is 421 g/mol. The molecule has 28 heavy (non-hydrogen) atoms. The maximum Gasteiger partial charge on any atom is 0.511 e. The van der Waals surface area contributed by atoms with E-state index in [1.54, 1.807) is 0 Å². The Morgan fingerprint density at radius 3 is 2.32 bits per heavy atom. The highest BCUT2D eigenvalue weighted by Gasteiger charge is 2.50. The van der Waals surface area contributed by atoms with Crippen molar-refractivity contribution in [3.63, 3.8) is 0 Å². The molecule has 1 aromatic carbocycles. The van der Waals surface area contributed by atoms with Crippen LogP contribution < -0.4 is 10.6 Å². The summed E-state index contributed by atoms with van der Waals surface area (Å²) in [6.07, 6.45) is 1.47. The summed E-state index contributed by atoms with van der Waals surface area (Å²) in [5, 5.41) is 6.34. The lowest BCUT2D eigenvalue weighted by Crippen LogP contribution is -2.51. The maximum atomic E-state index is 12.7. The van der Waals surface area contributed by atoms with Crippen molar-refractivity contribution in [1.82, 2.24) is 14.9 Å². The van der Waals surface area contributed by atoms with Gasteiger partial charge in [0.2, 0.25) is 0 Å². The van der Waals surface area contributed by atoms with Gasteiger partial charge in [0.05, 0.1) is 6.54 Å². The van der Waals surface area contributed by atoms with E-state index in [0.717, 1.165) is 12.0 Å². The molecule has 2 rings (SSSR count). The van der Waals surface area contributed by atoms with Gasteiger partial charge < -0.3 is 10.6 Å². The molecule has 0 bridgehead atoms. The Bertz CT molecular complexity index is 773. The third-order valence-corrected chi connectivity index (χ3v) is 6.31. The van der Waals surface area contributed by atoms with Crippen LogP contribution in [0, 0.1) is 0 Å². The van der Waals surface area contributed by atoms with E-state index in [1.807, 2.05) is 25.1 Å². The Hall–Kier alpha value is -1.81. The standard InChI is InChI=1S/C18H27F3N4O2S/c1-3-14-7-5-6-8-15(14)13-23-17(22-4-2)24-16-9-11-25(12-10-16)28(26,27)18(19,20)21/h5-8,16H,3-4,9-13H2,1-2H3,(H2,22,23,24). The number of aliphatic imine (C=N–C) groups is 1. The van der Waals surface area contributed by atoms with Gasteiger partial charge in [-0.05, 0) is 37.3 Å². The van der Waals surface area contributed by atoms with Gasteiger partial charge in [0.1, 0.15) is 0 Å². The molecular formula is C18H27F3N4O2S. The van der Waals surface area contributed by atoms with Crippen LogP contribution in [0.5, 0.6) is 0 Å². The number of hydrogen-bond donors (Lipinski definition) is 2. The van der Waals surface area contributed by atoms with Crippen LogP contribution in [0.4, 0.5) is 13.2 Å². The number of sulfonamides is 1. The van der Waals surface area contributed by atoms with Gasteiger partial charge in [-0.15, -0.1) is 0 Å². The third-order valence-electron chi connectivity index (χ3n) is 4.68. The van der Waals surface area contributed by atoms with Gasteiger partial charge in [0.25, 0.3) is 0 Å². The molecule has 0 aliphatic carbocycles. The zero-order chi connectivity index (χ0) is 20.8. The minimum Gasteiger partial charge on any atom is -0.357 e. The van der Waals surface area contributed by atoms with Crippen molar-refractivity contribution in [2.24, 2.45) is 4.99 Å². The molecule has 1 saturated heterocycles. The average Bonchev–Trinajstić information content (AvgIpc) is 2.66. The quantitative estimate of drug-likeness (QED) is 0.548. The van der Waals surface area contributed by atoms with Crippen LogP contribution in [0.15, 0.2) is 29.3 Å². The molecule has 0 radical (unpaired) electrons. The molecule has 2 N–H and O–H groups in total. The molecule has 6 nitrogen and oxygen atoms in total. The van der Waals surface area contributed by atoms with Crippen LogP contribution in [0.1, 0.15) is 37.8 Å². The minimum absolute atomic E-state index is 0.140. The van der Waals surface area contributed by atoms with E-state index >= 15 is 0 Å². The van der Waals surface area contributed by atoms with E-state index in [1.165, 1.54) is 5.56 Å². The van der Waals surface area contributed by atoms with E-state index in [-0.39, 0.29) is 32.0 Å². The second kappa shape index (κ2) is 9.60. The summed E-state index contributed by atoms with van der Waals surface area (Å²) in [5.41, 5.74) is -2.92. The summed E-state index contributed by atoms with van der Waals surface area (Å²) in [5.74, 6) is 0.575. The molecule has 1 aliphatic rings. The Morgan fingerprint density at radius 2 is 1.79 bits per heavy atom. The number of nitrogens with one attached hydrogen (secondary N) is 2. The van der Waals surface area contributed by atoms with Crippen LogP contribution in [-0.4, -0.2) is 49.9 Å². The molecule has 1 aliphatic heterocycles. The second-order valence-corrected chi connectivity index (χ2v) is 8.52. The summed E-state index contributed by atoms with van der Waals surface area (Å²) < 4.78 is 61.5. The van der Waals surface area contributed by atoms with Crippen LogP contribution >= 0.6 is 0 Å². The Balaban J connectivity index is 1.98. The van der Waals surface area contributed by atoms with Crippen molar-refractivity contribution >= 4 is 16.0 Å². The highest BCUT2D eigenvalue weighted by Crippen LogP contribution is 2.28. The molecule has 1 fully saturated rings. The maximum absolute atomic E-state index is 12.7. The van der Waals surface area contributed by atoms with Crippen molar-refractivity contribution in [2.75, 3.05) is 19.6 Å². The second-order valence-electron chi connectivity index (χ2n) is 6.59. The van der Waals surface area contributed by atoms with Gasteiger partial charge in [0.15, 0.2) is 5.96 Å². The Labute approximate surface area is 164 Å². The van der Waals surface area contributed by atoms with Crippen LogP contribution in [0.2, 0.25) is 0 Å². The topological polar surface area (TPSA) is 73.8 Å². The van der Waals surface area contributed by atoms with E-state index in [4.69, 9.17) is 0 Å². The summed E-state index contributed by atoms with van der Waals surface area (Å²) in [6, 6.07) is 7.88. The van der Waals surface area contributed by atoms with E-state index in [9.17, 15) is 21.6 Å². The third kappa shape index (κ3) is 5.60. The van der Waals surface area contributed by atoms with Crippen molar-refractivity contribution in [3.8, 4) is 0 Å². The van der Waals surface area contributed by atoms with Gasteiger partial charge in [-0.2, -0.15) is 17.5 Å². The van der Waals surface area contributed by atoms with Gasteiger partial charge in [-0.25, -0.2) is 13.4 Å². The van der Waals surface area contributed by atoms with E-state index in [2.05, 4.69) is 28.6 Å². The number of rotatable bonds is 6. The molecule has 0 atom stereocenters. The summed E-state index contributed by atoms with van der Waals surface area (Å²) >= 11 is 0. The Morgan fingerprint density at radius 1 is 1.18 bits per heavy atom. The van der Waals surface area contributed by atoms with E-state index < -0.39 is 15.5 Å². The fourth-order valence-corrected chi connectivity index (χ4v) is 4.11. The molecule has 0 spiro atoms. The van der Waals surface area contributed by atoms with Crippen LogP contribution in [0.25, 0.3) is 0 Å². The first-order chi connectivity index (χ1) is 13.2. The number of piperidine rings is 1. The molecule has 0 amide bonds. The lowest BCUT2D eigenvalue weighted by atomic mass is 10.1. The first-order valence-corrected chi connectivity index (χ1v) is 10.8. The summed E-state index contributed by atoms with van der Waals surface area (Å²) in [4.78, 5) is 4.58. The van der Waals surface area contributed by atoms with Crippen LogP contribution in [0.3, 0.4) is 0 Å². The smallest absolute Gasteiger partial charge is 0.357 e. The highest BCUT2D eigenvalue weighted by atomic mass is 32.2. The van der Waals surface area contributed by atoms with Gasteiger partial charge in [0, 0.05) is 25.7 Å². The summed E-state index contributed by atoms with van der Waals surface area (Å²) in [7, 11) is -5.26. The molecule has 0 unspecified atom stereocenters. The Kier molecular flexibility index (Phi) is 7.70. The fourth-order valence-electron chi connectivity index (χ4n) is 3.12. The van der Waals surface area contributed by atoms with Crippen molar-refractivity contribution < 1.29 is 21.6 Å². The van der Waals surface area contributed by atoms with Gasteiger partial charge in [-0.3, -0.25) is 0 Å². The molecule has 158 valence electrons. The molecule has 1 heterocycles. The van der Waals surface area contributed by atoms with E-state index in [0.29, 0.717) is 23.4 Å². The first kappa shape index (κ1) is 22.5. The molecule has 10 heteroatoms. The highest BCUT2D eigenvalue weighted by molar-refractivity contribution is 7.90. The number of halogens is 3. The predicted octanol–water partition coefficient (Wildman–Crippen LogP) is 2.62. The number of alkyl halides is 3. The number of nitrogens with zero attached hydrogens (tertiary/aromatic N) is 2. The number of hydrogen-bond acceptors (Lipinski definition) is 3. The fraction of sp³-hybridized carbons (Fsp3) is 0.611. The monoisotopic (exact) mass is 420 g/mol. The largest absolute Gasteiger partial charge is 0.511 e. The van der Waals surface area contributed by atoms with Crippen molar-refractivity contribution in [3.05, 3.63) is 35.4 Å². The van der Waals surface area contributed by atoms with Crippen molar-refractivity contribution in [2.45, 2.75) is 51.2 Å². The lowest BCUT2D eigenvalue weighted by molar-refractivity contribution is -0.0494. The van der Waals surface area contributed by atoms with Gasteiger partial charge >= 0.3 is 15.5 Å². The first-order valence-electron chi connectivity index (χ1n) is 9.37.